The number of hydrogen-bond donors (Lipinski definition) is 2. The van der Waals surface area contributed by atoms with E-state index in [0.29, 0.717) is 12.2 Å². The number of halogens is 1. The van der Waals surface area contributed by atoms with Crippen molar-refractivity contribution in [3.05, 3.63) is 52.5 Å². The van der Waals surface area contributed by atoms with Crippen LogP contribution >= 0.6 is 27.7 Å². The van der Waals surface area contributed by atoms with Crippen LogP contribution in [0, 0.1) is 11.3 Å². The van der Waals surface area contributed by atoms with Gasteiger partial charge in [-0.15, -0.1) is 11.8 Å². The van der Waals surface area contributed by atoms with Gasteiger partial charge in [0.05, 0.1) is 16.1 Å². The second kappa shape index (κ2) is 8.03. The normalized spacial score (nSPS) is 12.4. The SMILES string of the molecule is CC(CNc1ccc(S(N)(=O)=O)cc1C#N)Sc1ccc(Br)cc1. The standard InChI is InChI=1S/C16H16BrN3O2S2/c1-11(23-14-4-2-13(17)3-5-14)10-20-16-7-6-15(24(19,21)22)8-12(16)9-18/h2-8,11,20H,10H2,1H3,(H2,19,21,22). The molecule has 1 atom stereocenters. The fourth-order valence-corrected chi connectivity index (χ4v) is 3.72. The van der Waals surface area contributed by atoms with Gasteiger partial charge in [0.15, 0.2) is 0 Å². The Labute approximate surface area is 154 Å². The molecule has 0 saturated carbocycles. The van der Waals surface area contributed by atoms with Gasteiger partial charge in [-0.05, 0) is 42.5 Å². The summed E-state index contributed by atoms with van der Waals surface area (Å²) < 4.78 is 23.7. The van der Waals surface area contributed by atoms with E-state index in [0.717, 1.165) is 9.37 Å². The zero-order chi connectivity index (χ0) is 17.7. The lowest BCUT2D eigenvalue weighted by Gasteiger charge is -2.14. The topological polar surface area (TPSA) is 96.0 Å². The number of nitrogens with two attached hydrogens (primary N) is 1. The Hall–Kier alpha value is -1.53. The highest BCUT2D eigenvalue weighted by Gasteiger charge is 2.12. The summed E-state index contributed by atoms with van der Waals surface area (Å²) in [7, 11) is -3.81. The second-order valence-electron chi connectivity index (χ2n) is 5.13. The minimum atomic E-state index is -3.81. The minimum Gasteiger partial charge on any atom is -0.383 e. The van der Waals surface area contributed by atoms with Crippen LogP contribution < -0.4 is 10.5 Å². The molecule has 0 amide bonds. The molecule has 0 aliphatic carbocycles. The van der Waals surface area contributed by atoms with Gasteiger partial charge >= 0.3 is 0 Å². The first kappa shape index (κ1) is 18.8. The van der Waals surface area contributed by atoms with Crippen molar-refractivity contribution in [3.8, 4) is 6.07 Å². The number of nitriles is 1. The van der Waals surface area contributed by atoms with E-state index in [1.165, 1.54) is 12.1 Å². The highest BCUT2D eigenvalue weighted by molar-refractivity contribution is 9.10. The molecule has 126 valence electrons. The summed E-state index contributed by atoms with van der Waals surface area (Å²) in [6.07, 6.45) is 0. The minimum absolute atomic E-state index is 0.0677. The number of sulfonamides is 1. The van der Waals surface area contributed by atoms with Crippen molar-refractivity contribution in [2.45, 2.75) is 22.0 Å². The third-order valence-corrected chi connectivity index (χ3v) is 5.72. The fourth-order valence-electron chi connectivity index (χ4n) is 1.99. The summed E-state index contributed by atoms with van der Waals surface area (Å²) in [6.45, 7) is 2.70. The van der Waals surface area contributed by atoms with Gasteiger partial charge in [-0.3, -0.25) is 0 Å². The summed E-state index contributed by atoms with van der Waals surface area (Å²) >= 11 is 5.11. The number of anilines is 1. The molecule has 0 bridgehead atoms. The van der Waals surface area contributed by atoms with Crippen LogP contribution in [0.2, 0.25) is 0 Å². The Bertz CT molecular complexity index is 862. The van der Waals surface area contributed by atoms with Gasteiger partial charge in [0.2, 0.25) is 10.0 Å². The molecule has 0 fully saturated rings. The van der Waals surface area contributed by atoms with Crippen LogP contribution in [0.5, 0.6) is 0 Å². The quantitative estimate of drug-likeness (QED) is 0.689. The molecule has 0 spiro atoms. The number of benzene rings is 2. The maximum atomic E-state index is 11.3. The van der Waals surface area contributed by atoms with Gasteiger partial charge in [-0.25, -0.2) is 13.6 Å². The average molecular weight is 426 g/mol. The van der Waals surface area contributed by atoms with Crippen molar-refractivity contribution in [1.82, 2.24) is 0 Å². The van der Waals surface area contributed by atoms with Crippen molar-refractivity contribution < 1.29 is 8.42 Å². The van der Waals surface area contributed by atoms with Gasteiger partial charge in [0.1, 0.15) is 6.07 Å². The summed E-state index contributed by atoms with van der Waals surface area (Å²) in [5.74, 6) is 0. The molecule has 0 aliphatic rings. The lowest BCUT2D eigenvalue weighted by atomic mass is 10.2. The Balaban J connectivity index is 2.03. The molecule has 0 aliphatic heterocycles. The van der Waals surface area contributed by atoms with E-state index in [1.807, 2.05) is 30.3 Å². The zero-order valence-corrected chi connectivity index (χ0v) is 16.1. The lowest BCUT2D eigenvalue weighted by Crippen LogP contribution is -2.15. The van der Waals surface area contributed by atoms with E-state index >= 15 is 0 Å². The first-order valence-electron chi connectivity index (χ1n) is 7.02. The van der Waals surface area contributed by atoms with E-state index < -0.39 is 10.0 Å². The van der Waals surface area contributed by atoms with Crippen LogP contribution in [-0.2, 0) is 10.0 Å². The molecule has 5 nitrogen and oxygen atoms in total. The summed E-state index contributed by atoms with van der Waals surface area (Å²) in [5.41, 5.74) is 0.843. The van der Waals surface area contributed by atoms with Gasteiger partial charge in [-0.1, -0.05) is 22.9 Å². The summed E-state index contributed by atoms with van der Waals surface area (Å²) in [4.78, 5) is 1.08. The molecule has 2 rings (SSSR count). The molecular weight excluding hydrogens is 410 g/mol. The first-order chi connectivity index (χ1) is 11.3. The highest BCUT2D eigenvalue weighted by atomic mass is 79.9. The number of hydrogen-bond acceptors (Lipinski definition) is 5. The van der Waals surface area contributed by atoms with E-state index in [-0.39, 0.29) is 15.7 Å². The van der Waals surface area contributed by atoms with Crippen LogP contribution in [0.4, 0.5) is 5.69 Å². The number of rotatable bonds is 6. The maximum absolute atomic E-state index is 11.3. The van der Waals surface area contributed by atoms with E-state index in [4.69, 9.17) is 5.14 Å². The molecule has 1 unspecified atom stereocenters. The molecule has 2 aromatic rings. The van der Waals surface area contributed by atoms with Crippen LogP contribution in [0.25, 0.3) is 0 Å². The third-order valence-electron chi connectivity index (χ3n) is 3.17. The maximum Gasteiger partial charge on any atom is 0.238 e. The fraction of sp³-hybridized carbons (Fsp3) is 0.188. The van der Waals surface area contributed by atoms with Crippen molar-refractivity contribution in [2.75, 3.05) is 11.9 Å². The largest absolute Gasteiger partial charge is 0.383 e. The number of nitrogens with one attached hydrogen (secondary N) is 1. The Morgan fingerprint density at radius 1 is 1.29 bits per heavy atom. The summed E-state index contributed by atoms with van der Waals surface area (Å²) in [5, 5.41) is 17.7. The number of nitrogens with zero attached hydrogens (tertiary/aromatic N) is 1. The van der Waals surface area contributed by atoms with Gasteiger partial charge < -0.3 is 5.32 Å². The van der Waals surface area contributed by atoms with E-state index in [2.05, 4.69) is 28.2 Å². The monoisotopic (exact) mass is 425 g/mol. The molecule has 2 aromatic carbocycles. The van der Waals surface area contributed by atoms with Crippen LogP contribution in [0.15, 0.2) is 56.7 Å². The number of primary sulfonamides is 1. The molecule has 0 saturated heterocycles. The van der Waals surface area contributed by atoms with Gasteiger partial charge in [0, 0.05) is 21.2 Å². The second-order valence-corrected chi connectivity index (χ2v) is 9.12. The molecule has 3 N–H and O–H groups in total. The average Bonchev–Trinajstić information content (AvgIpc) is 2.54. The molecule has 0 radical (unpaired) electrons. The smallest absolute Gasteiger partial charge is 0.238 e. The Morgan fingerprint density at radius 3 is 2.54 bits per heavy atom. The zero-order valence-electron chi connectivity index (χ0n) is 12.9. The molecular formula is C16H16BrN3O2S2. The first-order valence-corrected chi connectivity index (χ1v) is 10.2. The summed E-state index contributed by atoms with van der Waals surface area (Å²) in [6, 6.07) is 14.3. The Kier molecular flexibility index (Phi) is 6.29. The van der Waals surface area contributed by atoms with Crippen molar-refractivity contribution in [2.24, 2.45) is 5.14 Å². The van der Waals surface area contributed by atoms with Gasteiger partial charge in [-0.2, -0.15) is 5.26 Å². The van der Waals surface area contributed by atoms with Crippen molar-refractivity contribution in [1.29, 1.82) is 5.26 Å². The number of thioether (sulfide) groups is 1. The Morgan fingerprint density at radius 2 is 1.96 bits per heavy atom. The highest BCUT2D eigenvalue weighted by Crippen LogP contribution is 2.26. The van der Waals surface area contributed by atoms with E-state index in [1.54, 1.807) is 17.8 Å². The van der Waals surface area contributed by atoms with Crippen molar-refractivity contribution in [3.63, 3.8) is 0 Å². The van der Waals surface area contributed by atoms with Crippen LogP contribution in [-0.4, -0.2) is 20.2 Å². The predicted molar refractivity (Wildman–Crippen MR) is 100 cm³/mol. The van der Waals surface area contributed by atoms with Crippen molar-refractivity contribution >= 4 is 43.4 Å². The predicted octanol–water partition coefficient (Wildman–Crippen LogP) is 3.56. The lowest BCUT2D eigenvalue weighted by molar-refractivity contribution is 0.598. The molecule has 24 heavy (non-hydrogen) atoms. The third kappa shape index (κ3) is 5.24. The van der Waals surface area contributed by atoms with E-state index in [9.17, 15) is 13.7 Å². The van der Waals surface area contributed by atoms with Gasteiger partial charge in [0.25, 0.3) is 0 Å². The molecule has 0 aromatic heterocycles. The molecule has 8 heteroatoms. The molecule has 0 heterocycles. The van der Waals surface area contributed by atoms with Crippen LogP contribution in [0.3, 0.4) is 0 Å². The van der Waals surface area contributed by atoms with Crippen LogP contribution in [0.1, 0.15) is 12.5 Å².